The van der Waals surface area contributed by atoms with E-state index in [1.165, 1.54) is 5.56 Å². The van der Waals surface area contributed by atoms with Crippen LogP contribution in [-0.2, 0) is 16.1 Å². The molecule has 0 aliphatic carbocycles. The highest BCUT2D eigenvalue weighted by Gasteiger charge is 2.36. The van der Waals surface area contributed by atoms with Crippen LogP contribution in [0.25, 0.3) is 0 Å². The molecule has 0 N–H and O–H groups in total. The van der Waals surface area contributed by atoms with Gasteiger partial charge < -0.3 is 28.7 Å². The van der Waals surface area contributed by atoms with Gasteiger partial charge in [-0.05, 0) is 20.8 Å². The Labute approximate surface area is 152 Å². The molecule has 0 aliphatic rings. The second-order valence-electron chi connectivity index (χ2n) is 5.54. The number of carbonyl (C=O) groups is 1. The van der Waals surface area contributed by atoms with Gasteiger partial charge in [-0.3, -0.25) is 4.48 Å². The molecule has 1 unspecified atom stereocenters. The number of nitrogens with zero attached hydrogens (tertiary/aromatic N) is 1. The lowest BCUT2D eigenvalue weighted by Crippen LogP contribution is -3.00. The minimum atomic E-state index is -0.292. The van der Waals surface area contributed by atoms with Crippen molar-refractivity contribution in [3.63, 3.8) is 0 Å². The van der Waals surface area contributed by atoms with Gasteiger partial charge in [0.15, 0.2) is 0 Å². The second kappa shape index (κ2) is 10.0. The summed E-state index contributed by atoms with van der Waals surface area (Å²) in [5.74, 6) is -0.292. The van der Waals surface area contributed by atoms with E-state index in [1.807, 2.05) is 6.07 Å². The Morgan fingerprint density at radius 2 is 1.73 bits per heavy atom. The van der Waals surface area contributed by atoms with Crippen molar-refractivity contribution in [1.82, 2.24) is 0 Å². The lowest BCUT2D eigenvalue weighted by atomic mass is 10.1. The highest BCUT2D eigenvalue weighted by molar-refractivity contribution is 5.86. The molecule has 0 aromatic heterocycles. The Bertz CT molecular complexity index is 469. The van der Waals surface area contributed by atoms with Crippen molar-refractivity contribution in [2.45, 2.75) is 46.9 Å². The lowest BCUT2D eigenvalue weighted by Gasteiger charge is -2.42. The summed E-state index contributed by atoms with van der Waals surface area (Å²) in [7, 11) is 0. The molecule has 0 bridgehead atoms. The Morgan fingerprint density at radius 1 is 1.18 bits per heavy atom. The Balaban J connectivity index is 0.00000441. The van der Waals surface area contributed by atoms with Crippen LogP contribution in [-0.4, -0.2) is 29.8 Å². The van der Waals surface area contributed by atoms with Crippen LogP contribution in [0, 0.1) is 0 Å². The van der Waals surface area contributed by atoms with Gasteiger partial charge in [0.2, 0.25) is 6.23 Å². The monoisotopic (exact) mass is 417 g/mol. The number of halogens is 1. The molecule has 124 valence electrons. The maximum Gasteiger partial charge on any atom is 0.337 e. The lowest BCUT2D eigenvalue weighted by molar-refractivity contribution is -0.978. The van der Waals surface area contributed by atoms with Gasteiger partial charge in [0, 0.05) is 17.6 Å². The fourth-order valence-electron chi connectivity index (χ4n) is 2.71. The molecule has 0 spiro atoms. The highest BCUT2D eigenvalue weighted by Crippen LogP contribution is 2.23. The number of esters is 1. The summed E-state index contributed by atoms with van der Waals surface area (Å²) in [5.41, 5.74) is 1.73. The van der Waals surface area contributed by atoms with Gasteiger partial charge in [-0.15, -0.1) is 0 Å². The third kappa shape index (κ3) is 5.39. The largest absolute Gasteiger partial charge is 1.00 e. The number of hydrogen-bond donors (Lipinski definition) is 0. The average molecular weight is 417 g/mol. The van der Waals surface area contributed by atoms with Crippen molar-refractivity contribution in [2.75, 3.05) is 13.1 Å². The molecule has 0 heterocycles. The third-order valence-electron chi connectivity index (χ3n) is 4.15. The number of ether oxygens (including phenoxy) is 1. The standard InChI is InChI=1S/C18H28NO2.HI/c1-6-17(21-18(20)15(4)5)19(7-2,8-3)14-16-12-10-9-11-13-16;/h9-13,17H,4,6-8,14H2,1-3,5H3;1H/q+1;/p-1. The molecule has 3 nitrogen and oxygen atoms in total. The molecule has 1 rings (SSSR count). The molecule has 4 heteroatoms. The highest BCUT2D eigenvalue weighted by atomic mass is 127. The van der Waals surface area contributed by atoms with Gasteiger partial charge in [0.05, 0.1) is 13.1 Å². The second-order valence-corrected chi connectivity index (χ2v) is 5.54. The number of rotatable bonds is 8. The summed E-state index contributed by atoms with van der Waals surface area (Å²) in [4.78, 5) is 11.9. The summed E-state index contributed by atoms with van der Waals surface area (Å²) < 4.78 is 6.46. The molecule has 0 saturated heterocycles. The van der Waals surface area contributed by atoms with Crippen LogP contribution in [0.5, 0.6) is 0 Å². The van der Waals surface area contributed by atoms with E-state index in [4.69, 9.17) is 4.74 Å². The maximum atomic E-state index is 11.9. The molecule has 0 aliphatic heterocycles. The van der Waals surface area contributed by atoms with Crippen LogP contribution < -0.4 is 24.0 Å². The van der Waals surface area contributed by atoms with Gasteiger partial charge >= 0.3 is 5.97 Å². The van der Waals surface area contributed by atoms with Gasteiger partial charge in [0.1, 0.15) is 6.54 Å². The minimum Gasteiger partial charge on any atom is -1.00 e. The number of carbonyl (C=O) groups excluding carboxylic acids is 1. The third-order valence-corrected chi connectivity index (χ3v) is 4.15. The van der Waals surface area contributed by atoms with Crippen molar-refractivity contribution in [3.8, 4) is 0 Å². The average Bonchev–Trinajstić information content (AvgIpc) is 2.51. The van der Waals surface area contributed by atoms with Crippen LogP contribution in [0.4, 0.5) is 0 Å². The van der Waals surface area contributed by atoms with Gasteiger partial charge in [-0.1, -0.05) is 43.8 Å². The van der Waals surface area contributed by atoms with Gasteiger partial charge in [-0.25, -0.2) is 4.79 Å². The van der Waals surface area contributed by atoms with E-state index in [9.17, 15) is 4.79 Å². The Kier molecular flexibility index (Phi) is 9.60. The quantitative estimate of drug-likeness (QED) is 0.207. The zero-order chi connectivity index (χ0) is 15.9. The van der Waals surface area contributed by atoms with E-state index < -0.39 is 0 Å². The molecule has 1 atom stereocenters. The predicted molar refractivity (Wildman–Crippen MR) is 86.5 cm³/mol. The molecular weight excluding hydrogens is 389 g/mol. The van der Waals surface area contributed by atoms with Gasteiger partial charge in [-0.2, -0.15) is 0 Å². The smallest absolute Gasteiger partial charge is 0.337 e. The molecule has 0 fully saturated rings. The van der Waals surface area contributed by atoms with Crippen LogP contribution in [0.2, 0.25) is 0 Å². The van der Waals surface area contributed by atoms with E-state index in [2.05, 4.69) is 51.6 Å². The molecule has 1 aromatic rings. The summed E-state index contributed by atoms with van der Waals surface area (Å²) >= 11 is 0. The van der Waals surface area contributed by atoms with E-state index in [0.717, 1.165) is 30.5 Å². The minimum absolute atomic E-state index is 0. The topological polar surface area (TPSA) is 26.3 Å². The first-order chi connectivity index (χ1) is 9.99. The van der Waals surface area contributed by atoms with Crippen LogP contribution in [0.1, 0.15) is 39.7 Å². The first-order valence-electron chi connectivity index (χ1n) is 7.75. The Hall–Kier alpha value is -0.880. The van der Waals surface area contributed by atoms with Crippen LogP contribution >= 0.6 is 0 Å². The normalized spacial score (nSPS) is 12.2. The summed E-state index contributed by atoms with van der Waals surface area (Å²) in [5, 5.41) is 0. The molecule has 22 heavy (non-hydrogen) atoms. The van der Waals surface area contributed by atoms with Crippen molar-refractivity contribution in [1.29, 1.82) is 0 Å². The van der Waals surface area contributed by atoms with E-state index >= 15 is 0 Å². The van der Waals surface area contributed by atoms with Gasteiger partial charge in [0.25, 0.3) is 0 Å². The van der Waals surface area contributed by atoms with Crippen molar-refractivity contribution in [2.24, 2.45) is 0 Å². The van der Waals surface area contributed by atoms with E-state index in [0.29, 0.717) is 5.57 Å². The Morgan fingerprint density at radius 3 is 2.14 bits per heavy atom. The molecule has 0 radical (unpaired) electrons. The zero-order valence-corrected chi connectivity index (χ0v) is 16.3. The first kappa shape index (κ1) is 21.1. The van der Waals surface area contributed by atoms with Crippen molar-refractivity contribution in [3.05, 3.63) is 48.0 Å². The number of quaternary nitrogens is 1. The molecule has 0 saturated carbocycles. The zero-order valence-electron chi connectivity index (χ0n) is 14.1. The van der Waals surface area contributed by atoms with E-state index in [-0.39, 0.29) is 36.2 Å². The van der Waals surface area contributed by atoms with Crippen molar-refractivity contribution < 1.29 is 38.0 Å². The number of hydrogen-bond acceptors (Lipinski definition) is 2. The fourth-order valence-corrected chi connectivity index (χ4v) is 2.71. The molecular formula is C18H28INO2. The molecule has 0 amide bonds. The maximum absolute atomic E-state index is 11.9. The van der Waals surface area contributed by atoms with Crippen molar-refractivity contribution >= 4 is 5.97 Å². The summed E-state index contributed by atoms with van der Waals surface area (Å²) in [6.45, 7) is 14.5. The molecule has 1 aromatic carbocycles. The van der Waals surface area contributed by atoms with Crippen LogP contribution in [0.15, 0.2) is 42.5 Å². The van der Waals surface area contributed by atoms with Crippen LogP contribution in [0.3, 0.4) is 0 Å². The summed E-state index contributed by atoms with van der Waals surface area (Å²) in [6, 6.07) is 10.4. The first-order valence-corrected chi connectivity index (χ1v) is 7.75. The fraction of sp³-hybridized carbons (Fsp3) is 0.500. The SMILES string of the molecule is C=C(C)C(=O)OC(CC)[N+](CC)(CC)Cc1ccccc1.[I-]. The van der Waals surface area contributed by atoms with E-state index in [1.54, 1.807) is 6.92 Å². The summed E-state index contributed by atoms with van der Waals surface area (Å²) in [6.07, 6.45) is 0.664. The number of benzene rings is 1. The predicted octanol–water partition coefficient (Wildman–Crippen LogP) is 0.903.